The van der Waals surface area contributed by atoms with Gasteiger partial charge in [0, 0.05) is 24.2 Å². The zero-order valence-electron chi connectivity index (χ0n) is 13.0. The predicted molar refractivity (Wildman–Crippen MR) is 91.3 cm³/mol. The summed E-state index contributed by atoms with van der Waals surface area (Å²) in [6, 6.07) is 11.5. The molecule has 23 heavy (non-hydrogen) atoms. The Morgan fingerprint density at radius 3 is 2.83 bits per heavy atom. The number of phenolic OH excluding ortho intramolecular Hbond substituents is 1. The molecule has 1 saturated heterocycles. The van der Waals surface area contributed by atoms with Crippen molar-refractivity contribution in [3.8, 4) is 22.6 Å². The Morgan fingerprint density at radius 2 is 2.04 bits per heavy atom. The zero-order chi connectivity index (χ0) is 15.6. The van der Waals surface area contributed by atoms with Crippen molar-refractivity contribution in [3.05, 3.63) is 47.5 Å². The second kappa shape index (κ2) is 6.05. The Labute approximate surface area is 135 Å². The lowest BCUT2D eigenvalue weighted by Crippen LogP contribution is -2.16. The number of rotatable bonds is 4. The van der Waals surface area contributed by atoms with E-state index in [4.69, 9.17) is 4.74 Å². The molecule has 4 nitrogen and oxygen atoms in total. The smallest absolute Gasteiger partial charge is 0.129 e. The molecule has 118 valence electrons. The molecule has 1 atom stereocenters. The Morgan fingerprint density at radius 1 is 1.17 bits per heavy atom. The first-order valence-electron chi connectivity index (χ1n) is 8.09. The van der Waals surface area contributed by atoms with Gasteiger partial charge in [-0.1, -0.05) is 12.1 Å². The lowest BCUT2D eigenvalue weighted by molar-refractivity contribution is 0.260. The normalized spacial score (nSPS) is 19.0. The van der Waals surface area contributed by atoms with E-state index in [1.807, 2.05) is 18.3 Å². The second-order valence-corrected chi connectivity index (χ2v) is 6.23. The van der Waals surface area contributed by atoms with Crippen LogP contribution in [0.1, 0.15) is 17.5 Å². The zero-order valence-corrected chi connectivity index (χ0v) is 13.0. The van der Waals surface area contributed by atoms with Gasteiger partial charge in [-0.3, -0.25) is 4.99 Å². The van der Waals surface area contributed by atoms with Gasteiger partial charge in [0.05, 0.1) is 13.2 Å². The van der Waals surface area contributed by atoms with Crippen molar-refractivity contribution in [3.63, 3.8) is 0 Å². The van der Waals surface area contributed by atoms with Crippen LogP contribution in [0, 0.1) is 5.92 Å². The highest BCUT2D eigenvalue weighted by Crippen LogP contribution is 2.33. The molecule has 2 aliphatic rings. The number of nitrogens with one attached hydrogen (secondary N) is 1. The first-order valence-corrected chi connectivity index (χ1v) is 8.09. The number of phenols is 1. The van der Waals surface area contributed by atoms with Gasteiger partial charge >= 0.3 is 0 Å². The molecule has 2 aromatic carbocycles. The fraction of sp³-hybridized carbons (Fsp3) is 0.316. The predicted octanol–water partition coefficient (Wildman–Crippen LogP) is 2.98. The van der Waals surface area contributed by atoms with Gasteiger partial charge in [-0.05, 0) is 53.9 Å². The van der Waals surface area contributed by atoms with Gasteiger partial charge in [0.15, 0.2) is 0 Å². The lowest BCUT2D eigenvalue weighted by Gasteiger charge is -2.15. The molecule has 0 saturated carbocycles. The largest absolute Gasteiger partial charge is 0.508 e. The van der Waals surface area contributed by atoms with E-state index >= 15 is 0 Å². The SMILES string of the molecule is Oc1ccc(-c2cc3c(c(OC[C@H]4CCNC4)c2)C=NC3)cc1. The van der Waals surface area contributed by atoms with Crippen LogP contribution >= 0.6 is 0 Å². The maximum atomic E-state index is 9.47. The van der Waals surface area contributed by atoms with Crippen molar-refractivity contribution < 1.29 is 9.84 Å². The molecule has 2 heterocycles. The quantitative estimate of drug-likeness (QED) is 0.913. The maximum Gasteiger partial charge on any atom is 0.129 e. The number of hydrogen-bond acceptors (Lipinski definition) is 4. The van der Waals surface area contributed by atoms with Crippen LogP contribution in [0.3, 0.4) is 0 Å². The highest BCUT2D eigenvalue weighted by atomic mass is 16.5. The minimum atomic E-state index is 0.281. The van der Waals surface area contributed by atoms with E-state index in [0.717, 1.165) is 42.1 Å². The Kier molecular flexibility index (Phi) is 3.75. The standard InChI is InChI=1S/C19H20N2O2/c22-17-3-1-14(2-4-17)15-7-16-10-21-11-18(16)19(8-15)23-12-13-5-6-20-9-13/h1-4,7-8,11,13,20,22H,5-6,9-10,12H2/t13-/m0/s1. The van der Waals surface area contributed by atoms with Gasteiger partial charge < -0.3 is 15.2 Å². The van der Waals surface area contributed by atoms with Crippen LogP contribution in [0.25, 0.3) is 11.1 Å². The topological polar surface area (TPSA) is 53.9 Å². The van der Waals surface area contributed by atoms with Gasteiger partial charge in [-0.15, -0.1) is 0 Å². The molecule has 0 unspecified atom stereocenters. The highest BCUT2D eigenvalue weighted by Gasteiger charge is 2.19. The summed E-state index contributed by atoms with van der Waals surface area (Å²) in [4.78, 5) is 4.38. The number of nitrogens with zero attached hydrogens (tertiary/aromatic N) is 1. The Balaban J connectivity index is 1.63. The van der Waals surface area contributed by atoms with Crippen molar-refractivity contribution in [1.29, 1.82) is 0 Å². The van der Waals surface area contributed by atoms with Crippen LogP contribution in [-0.2, 0) is 6.54 Å². The van der Waals surface area contributed by atoms with Crippen molar-refractivity contribution in [2.45, 2.75) is 13.0 Å². The molecule has 0 bridgehead atoms. The molecule has 0 aliphatic carbocycles. The number of ether oxygens (including phenoxy) is 1. The van der Waals surface area contributed by atoms with Gasteiger partial charge in [-0.2, -0.15) is 0 Å². The Bertz CT molecular complexity index is 732. The molecule has 0 amide bonds. The monoisotopic (exact) mass is 308 g/mol. The molecule has 4 rings (SSSR count). The molecular formula is C19H20N2O2. The van der Waals surface area contributed by atoms with Crippen molar-refractivity contribution in [1.82, 2.24) is 5.32 Å². The third-order valence-electron chi connectivity index (χ3n) is 4.55. The number of fused-ring (bicyclic) bond motifs is 1. The van der Waals surface area contributed by atoms with Crippen LogP contribution in [0.15, 0.2) is 41.4 Å². The molecule has 2 aliphatic heterocycles. The van der Waals surface area contributed by atoms with Crippen LogP contribution in [-0.4, -0.2) is 31.0 Å². The number of aliphatic imine (C=N–C) groups is 1. The van der Waals surface area contributed by atoms with Crippen LogP contribution in [0.5, 0.6) is 11.5 Å². The summed E-state index contributed by atoms with van der Waals surface area (Å²) < 4.78 is 6.14. The fourth-order valence-electron chi connectivity index (χ4n) is 3.20. The molecule has 1 fully saturated rings. The summed E-state index contributed by atoms with van der Waals surface area (Å²) in [6.07, 6.45) is 3.09. The average Bonchev–Trinajstić information content (AvgIpc) is 3.24. The third-order valence-corrected chi connectivity index (χ3v) is 4.55. The summed E-state index contributed by atoms with van der Waals surface area (Å²) in [6.45, 7) is 3.57. The van der Waals surface area contributed by atoms with E-state index in [-0.39, 0.29) is 5.75 Å². The minimum Gasteiger partial charge on any atom is -0.508 e. The van der Waals surface area contributed by atoms with E-state index in [2.05, 4.69) is 22.4 Å². The first-order chi connectivity index (χ1) is 11.3. The number of hydrogen-bond donors (Lipinski definition) is 2. The summed E-state index contributed by atoms with van der Waals surface area (Å²) in [5, 5.41) is 12.8. The Hall–Kier alpha value is -2.33. The molecule has 0 radical (unpaired) electrons. The van der Waals surface area contributed by atoms with E-state index < -0.39 is 0 Å². The number of benzene rings is 2. The number of aromatic hydroxyl groups is 1. The first kappa shape index (κ1) is 14.3. The van der Waals surface area contributed by atoms with Gasteiger partial charge in [-0.25, -0.2) is 0 Å². The molecule has 2 N–H and O–H groups in total. The fourth-order valence-corrected chi connectivity index (χ4v) is 3.20. The summed E-state index contributed by atoms with van der Waals surface area (Å²) in [7, 11) is 0. The molecule has 0 aromatic heterocycles. The van der Waals surface area contributed by atoms with Crippen molar-refractivity contribution >= 4 is 6.21 Å². The van der Waals surface area contributed by atoms with Crippen molar-refractivity contribution in [2.24, 2.45) is 10.9 Å². The molecule has 0 spiro atoms. The van der Waals surface area contributed by atoms with Crippen molar-refractivity contribution in [2.75, 3.05) is 19.7 Å². The summed E-state index contributed by atoms with van der Waals surface area (Å²) >= 11 is 0. The third kappa shape index (κ3) is 2.94. The van der Waals surface area contributed by atoms with Gasteiger partial charge in [0.2, 0.25) is 0 Å². The maximum absolute atomic E-state index is 9.47. The van der Waals surface area contributed by atoms with Crippen LogP contribution < -0.4 is 10.1 Å². The average molecular weight is 308 g/mol. The molecular weight excluding hydrogens is 288 g/mol. The van der Waals surface area contributed by atoms with E-state index in [0.29, 0.717) is 12.5 Å². The summed E-state index contributed by atoms with van der Waals surface area (Å²) in [5.74, 6) is 1.78. The molecule has 4 heteroatoms. The molecule has 2 aromatic rings. The van der Waals surface area contributed by atoms with Crippen LogP contribution in [0.2, 0.25) is 0 Å². The van der Waals surface area contributed by atoms with Gasteiger partial charge in [0.1, 0.15) is 11.5 Å². The second-order valence-electron chi connectivity index (χ2n) is 6.23. The highest BCUT2D eigenvalue weighted by molar-refractivity contribution is 5.90. The minimum absolute atomic E-state index is 0.281. The van der Waals surface area contributed by atoms with E-state index in [1.165, 1.54) is 12.0 Å². The van der Waals surface area contributed by atoms with E-state index in [9.17, 15) is 5.11 Å². The van der Waals surface area contributed by atoms with E-state index in [1.54, 1.807) is 12.1 Å². The van der Waals surface area contributed by atoms with Crippen LogP contribution in [0.4, 0.5) is 0 Å². The summed E-state index contributed by atoms with van der Waals surface area (Å²) in [5.41, 5.74) is 4.49. The lowest BCUT2D eigenvalue weighted by atomic mass is 9.99. The van der Waals surface area contributed by atoms with Gasteiger partial charge in [0.25, 0.3) is 0 Å².